The minimum atomic E-state index is -1.04. The predicted octanol–water partition coefficient (Wildman–Crippen LogP) is 2.74. The van der Waals surface area contributed by atoms with Gasteiger partial charge < -0.3 is 20.7 Å². The van der Waals surface area contributed by atoms with Crippen molar-refractivity contribution in [2.24, 2.45) is 5.73 Å². The van der Waals surface area contributed by atoms with Crippen LogP contribution in [-0.4, -0.2) is 33.2 Å². The molecule has 1 amide bonds. The first-order chi connectivity index (χ1) is 12.9. The molecule has 146 valence electrons. The summed E-state index contributed by atoms with van der Waals surface area (Å²) in [6.07, 6.45) is 0.244. The quantitative estimate of drug-likeness (QED) is 0.577. The van der Waals surface area contributed by atoms with E-state index in [1.807, 2.05) is 0 Å². The number of rotatable bonds is 6. The number of hydrogen-bond acceptors (Lipinski definition) is 6. The van der Waals surface area contributed by atoms with E-state index in [9.17, 15) is 9.59 Å². The molecular formula is C19H19ClN4O4. The smallest absolute Gasteiger partial charge is 0.320 e. The van der Waals surface area contributed by atoms with Crippen LogP contribution in [0, 0.1) is 0 Å². The summed E-state index contributed by atoms with van der Waals surface area (Å²) in [5.74, 6) is -0.400. The van der Waals surface area contributed by atoms with Crippen LogP contribution in [0.25, 0.3) is 22.8 Å². The highest BCUT2D eigenvalue weighted by molar-refractivity contribution is 5.88. The van der Waals surface area contributed by atoms with E-state index in [1.54, 1.807) is 48.5 Å². The normalized spacial score (nSPS) is 11.4. The highest BCUT2D eigenvalue weighted by atomic mass is 35.5. The first-order valence-corrected chi connectivity index (χ1v) is 8.22. The number of anilines is 1. The second-order valence-corrected chi connectivity index (χ2v) is 6.03. The topological polar surface area (TPSA) is 131 Å². The zero-order valence-electron chi connectivity index (χ0n) is 15.0. The number of carboxylic acid groups (broad SMARTS) is 1. The summed E-state index contributed by atoms with van der Waals surface area (Å²) in [5, 5.41) is 15.5. The SMILES string of the molecule is CC(=O)Nc1ccc(-c2nc(-c3ccc(C[C@H](N)C(=O)O)cc3)no2)cc1.Cl. The number of amides is 1. The summed E-state index contributed by atoms with van der Waals surface area (Å²) in [6.45, 7) is 1.44. The van der Waals surface area contributed by atoms with Gasteiger partial charge in [0, 0.05) is 23.7 Å². The molecule has 0 radical (unpaired) electrons. The molecule has 0 unspecified atom stereocenters. The average Bonchev–Trinajstić information content (AvgIpc) is 3.12. The average molecular weight is 403 g/mol. The highest BCUT2D eigenvalue weighted by Gasteiger charge is 2.14. The summed E-state index contributed by atoms with van der Waals surface area (Å²) in [4.78, 5) is 26.3. The Morgan fingerprint density at radius 2 is 1.71 bits per heavy atom. The Hall–Kier alpha value is -3.23. The molecule has 8 nitrogen and oxygen atoms in total. The number of nitrogens with two attached hydrogens (primary N) is 1. The molecule has 0 bridgehead atoms. The molecule has 3 aromatic rings. The number of aromatic nitrogens is 2. The van der Waals surface area contributed by atoms with Crippen LogP contribution in [0.15, 0.2) is 53.1 Å². The van der Waals surface area contributed by atoms with Crippen molar-refractivity contribution in [1.29, 1.82) is 0 Å². The lowest BCUT2D eigenvalue weighted by molar-refractivity contribution is -0.138. The lowest BCUT2D eigenvalue weighted by atomic mass is 10.0. The van der Waals surface area contributed by atoms with Crippen molar-refractivity contribution >= 4 is 30.0 Å². The van der Waals surface area contributed by atoms with Gasteiger partial charge in [-0.3, -0.25) is 9.59 Å². The molecule has 0 saturated heterocycles. The van der Waals surface area contributed by atoms with Gasteiger partial charge in [0.05, 0.1) is 0 Å². The Balaban J connectivity index is 0.00000280. The standard InChI is InChI=1S/C19H18N4O4.ClH/c1-11(24)21-15-8-6-14(7-9-15)18-22-17(23-27-18)13-4-2-12(3-5-13)10-16(20)19(25)26;/h2-9,16H,10,20H2,1H3,(H,21,24)(H,25,26);1H/t16-;/m0./s1. The van der Waals surface area contributed by atoms with E-state index >= 15 is 0 Å². The second-order valence-electron chi connectivity index (χ2n) is 6.03. The fraction of sp³-hybridized carbons (Fsp3) is 0.158. The third-order valence-corrected chi connectivity index (χ3v) is 3.86. The van der Waals surface area contributed by atoms with Crippen molar-refractivity contribution in [2.75, 3.05) is 5.32 Å². The summed E-state index contributed by atoms with van der Waals surface area (Å²) in [5.41, 5.74) is 8.50. The monoisotopic (exact) mass is 402 g/mol. The van der Waals surface area contributed by atoms with Crippen molar-refractivity contribution in [2.45, 2.75) is 19.4 Å². The van der Waals surface area contributed by atoms with Crippen LogP contribution < -0.4 is 11.1 Å². The molecule has 1 aromatic heterocycles. The van der Waals surface area contributed by atoms with Gasteiger partial charge in [-0.2, -0.15) is 4.98 Å². The van der Waals surface area contributed by atoms with Gasteiger partial charge in [0.25, 0.3) is 5.89 Å². The lowest BCUT2D eigenvalue weighted by Gasteiger charge is -2.06. The summed E-state index contributed by atoms with van der Waals surface area (Å²) in [6, 6.07) is 13.3. The van der Waals surface area contributed by atoms with E-state index in [-0.39, 0.29) is 24.7 Å². The number of carbonyl (C=O) groups is 2. The Labute approximate surface area is 167 Å². The van der Waals surface area contributed by atoms with E-state index in [0.29, 0.717) is 17.4 Å². The Kier molecular flexibility index (Phi) is 6.86. The lowest BCUT2D eigenvalue weighted by Crippen LogP contribution is -2.32. The number of nitrogens with one attached hydrogen (secondary N) is 1. The van der Waals surface area contributed by atoms with Crippen molar-refractivity contribution in [1.82, 2.24) is 10.1 Å². The molecule has 4 N–H and O–H groups in total. The predicted molar refractivity (Wildman–Crippen MR) is 106 cm³/mol. The zero-order chi connectivity index (χ0) is 19.4. The number of halogens is 1. The number of hydrogen-bond donors (Lipinski definition) is 3. The molecule has 0 aliphatic rings. The first kappa shape index (κ1) is 21.1. The minimum absolute atomic E-state index is 0. The van der Waals surface area contributed by atoms with E-state index in [1.165, 1.54) is 6.92 Å². The molecule has 0 saturated carbocycles. The summed E-state index contributed by atoms with van der Waals surface area (Å²) in [7, 11) is 0. The van der Waals surface area contributed by atoms with Gasteiger partial charge >= 0.3 is 5.97 Å². The van der Waals surface area contributed by atoms with Crippen LogP contribution in [0.5, 0.6) is 0 Å². The van der Waals surface area contributed by atoms with E-state index < -0.39 is 12.0 Å². The number of carbonyl (C=O) groups excluding carboxylic acids is 1. The molecule has 1 atom stereocenters. The second kappa shape index (κ2) is 9.12. The van der Waals surface area contributed by atoms with Crippen molar-refractivity contribution in [3.05, 3.63) is 54.1 Å². The summed E-state index contributed by atoms with van der Waals surface area (Å²) < 4.78 is 5.31. The Morgan fingerprint density at radius 1 is 1.11 bits per heavy atom. The van der Waals surface area contributed by atoms with E-state index in [0.717, 1.165) is 16.7 Å². The Bertz CT molecular complexity index is 955. The van der Waals surface area contributed by atoms with Gasteiger partial charge in [0.2, 0.25) is 11.7 Å². The fourth-order valence-corrected chi connectivity index (χ4v) is 2.49. The minimum Gasteiger partial charge on any atom is -0.480 e. The van der Waals surface area contributed by atoms with Gasteiger partial charge in [-0.1, -0.05) is 29.4 Å². The molecule has 0 aliphatic carbocycles. The molecule has 0 aliphatic heterocycles. The van der Waals surface area contributed by atoms with Crippen LogP contribution in [0.1, 0.15) is 12.5 Å². The third kappa shape index (κ3) is 5.15. The van der Waals surface area contributed by atoms with Crippen LogP contribution in [0.4, 0.5) is 5.69 Å². The van der Waals surface area contributed by atoms with Gasteiger partial charge in [-0.05, 0) is 36.2 Å². The van der Waals surface area contributed by atoms with Crippen molar-refractivity contribution < 1.29 is 19.2 Å². The third-order valence-electron chi connectivity index (χ3n) is 3.86. The summed E-state index contributed by atoms with van der Waals surface area (Å²) >= 11 is 0. The number of carboxylic acids is 1. The molecule has 3 rings (SSSR count). The highest BCUT2D eigenvalue weighted by Crippen LogP contribution is 2.24. The van der Waals surface area contributed by atoms with Gasteiger partial charge in [-0.15, -0.1) is 12.4 Å². The largest absolute Gasteiger partial charge is 0.480 e. The van der Waals surface area contributed by atoms with Gasteiger partial charge in [0.15, 0.2) is 0 Å². The van der Waals surface area contributed by atoms with Gasteiger partial charge in [-0.25, -0.2) is 0 Å². The van der Waals surface area contributed by atoms with Gasteiger partial charge in [0.1, 0.15) is 6.04 Å². The zero-order valence-corrected chi connectivity index (χ0v) is 15.8. The van der Waals surface area contributed by atoms with Crippen LogP contribution in [0.2, 0.25) is 0 Å². The maximum Gasteiger partial charge on any atom is 0.320 e. The van der Waals surface area contributed by atoms with Crippen LogP contribution in [0.3, 0.4) is 0 Å². The van der Waals surface area contributed by atoms with Crippen molar-refractivity contribution in [3.63, 3.8) is 0 Å². The van der Waals surface area contributed by atoms with Crippen molar-refractivity contribution in [3.8, 4) is 22.8 Å². The molecule has 28 heavy (non-hydrogen) atoms. The van der Waals surface area contributed by atoms with Crippen LogP contribution >= 0.6 is 12.4 Å². The number of benzene rings is 2. The number of nitrogens with zero attached hydrogens (tertiary/aromatic N) is 2. The maximum atomic E-state index is 11.1. The molecule has 9 heteroatoms. The van der Waals surface area contributed by atoms with E-state index in [4.69, 9.17) is 15.4 Å². The first-order valence-electron chi connectivity index (χ1n) is 8.22. The fourth-order valence-electron chi connectivity index (χ4n) is 2.49. The van der Waals surface area contributed by atoms with Crippen LogP contribution in [-0.2, 0) is 16.0 Å². The van der Waals surface area contributed by atoms with E-state index in [2.05, 4.69) is 15.5 Å². The Morgan fingerprint density at radius 3 is 2.29 bits per heavy atom. The molecule has 2 aromatic carbocycles. The molecule has 0 spiro atoms. The molecular weight excluding hydrogens is 384 g/mol. The number of aliphatic carboxylic acids is 1. The molecule has 0 fully saturated rings. The molecule has 1 heterocycles. The maximum absolute atomic E-state index is 11.1.